The van der Waals surface area contributed by atoms with Crippen LogP contribution < -0.4 is 15.5 Å². The highest BCUT2D eigenvalue weighted by Crippen LogP contribution is 2.55. The van der Waals surface area contributed by atoms with Crippen LogP contribution in [0.3, 0.4) is 0 Å². The van der Waals surface area contributed by atoms with Crippen LogP contribution in [0.2, 0.25) is 0 Å². The molecule has 7 nitrogen and oxygen atoms in total. The van der Waals surface area contributed by atoms with Crippen molar-refractivity contribution >= 4 is 17.7 Å². The number of nitrogens with zero attached hydrogens (tertiary/aromatic N) is 4. The van der Waals surface area contributed by atoms with E-state index in [9.17, 15) is 13.6 Å². The van der Waals surface area contributed by atoms with Crippen molar-refractivity contribution in [3.05, 3.63) is 11.3 Å². The summed E-state index contributed by atoms with van der Waals surface area (Å²) in [5.74, 6) is 0.237. The molecule has 3 fully saturated rings. The smallest absolute Gasteiger partial charge is 0.290 e. The average molecular weight is 449 g/mol. The molecule has 1 amide bonds. The van der Waals surface area contributed by atoms with Gasteiger partial charge < -0.3 is 20.4 Å². The summed E-state index contributed by atoms with van der Waals surface area (Å²) >= 11 is 0. The molecular formula is C23H34F2N6O. The largest absolute Gasteiger partial charge is 0.356 e. The Morgan fingerprint density at radius 1 is 1.22 bits per heavy atom. The fourth-order valence-electron chi connectivity index (χ4n) is 5.59. The summed E-state index contributed by atoms with van der Waals surface area (Å²) in [5, 5.41) is 6.44. The Balaban J connectivity index is 1.26. The molecule has 0 radical (unpaired) electrons. The summed E-state index contributed by atoms with van der Waals surface area (Å²) < 4.78 is 29.0. The minimum Gasteiger partial charge on any atom is -0.356 e. The number of hydrogen-bond donors (Lipinski definition) is 2. The second-order valence-electron chi connectivity index (χ2n) is 10.2. The van der Waals surface area contributed by atoms with E-state index in [0.717, 1.165) is 45.7 Å². The number of halogens is 2. The van der Waals surface area contributed by atoms with Crippen LogP contribution in [0, 0.1) is 23.7 Å². The first-order valence-electron chi connectivity index (χ1n) is 12.1. The molecule has 1 unspecified atom stereocenters. The lowest BCUT2D eigenvalue weighted by molar-refractivity contribution is -0.132. The summed E-state index contributed by atoms with van der Waals surface area (Å²) in [5.41, 5.74) is 0.514. The fourth-order valence-corrected chi connectivity index (χ4v) is 5.59. The van der Waals surface area contributed by atoms with Crippen LogP contribution >= 0.6 is 0 Å². The van der Waals surface area contributed by atoms with Gasteiger partial charge in [-0.15, -0.1) is 0 Å². The number of carbonyl (C=O) groups excluding carboxylic acids is 1. The number of aromatic nitrogens is 2. The third-order valence-electron chi connectivity index (χ3n) is 7.58. The number of piperidine rings is 1. The quantitative estimate of drug-likeness (QED) is 0.668. The van der Waals surface area contributed by atoms with Crippen LogP contribution in [0.5, 0.6) is 0 Å². The van der Waals surface area contributed by atoms with Gasteiger partial charge in [-0.1, -0.05) is 13.8 Å². The molecule has 1 aromatic heterocycles. The fraction of sp³-hybridized carbons (Fsp3) is 0.783. The SMILES string of the molecule is CC(C)CCNc1nc(N2C[C@@H]3C(CC(=O)N4CCNCC4)[C@@H]3C2)c2c(n1)C(F)(F)CC2. The van der Waals surface area contributed by atoms with Crippen LogP contribution in [-0.4, -0.2) is 66.6 Å². The standard InChI is InChI=1S/C23H34F2N6O/c1-14(2)4-6-27-22-28-20-15(3-5-23(20,24)25)21(29-22)31-12-17-16(18(17)13-31)11-19(32)30-9-7-26-8-10-30/h14,16-18,26H,3-13H2,1-2H3,(H,27,28,29)/t16?,17-,18+. The van der Waals surface area contributed by atoms with Gasteiger partial charge >= 0.3 is 0 Å². The molecule has 0 spiro atoms. The van der Waals surface area contributed by atoms with E-state index in [1.165, 1.54) is 0 Å². The first-order valence-corrected chi connectivity index (χ1v) is 12.1. The number of rotatable bonds is 7. The van der Waals surface area contributed by atoms with Crippen LogP contribution in [0.4, 0.5) is 20.5 Å². The minimum atomic E-state index is -2.89. The van der Waals surface area contributed by atoms with E-state index in [1.54, 1.807) is 0 Å². The van der Waals surface area contributed by atoms with Crippen LogP contribution in [0.25, 0.3) is 0 Å². The van der Waals surface area contributed by atoms with Crippen molar-refractivity contribution in [1.29, 1.82) is 0 Å². The molecular weight excluding hydrogens is 414 g/mol. The molecule has 2 N–H and O–H groups in total. The van der Waals surface area contributed by atoms with Crippen molar-refractivity contribution < 1.29 is 13.6 Å². The number of hydrogen-bond acceptors (Lipinski definition) is 6. The average Bonchev–Trinajstić information content (AvgIpc) is 3.09. The van der Waals surface area contributed by atoms with Gasteiger partial charge in [0.15, 0.2) is 0 Å². The molecule has 1 aromatic rings. The van der Waals surface area contributed by atoms with E-state index in [-0.39, 0.29) is 18.0 Å². The van der Waals surface area contributed by atoms with Crippen LogP contribution in [0.15, 0.2) is 0 Å². The van der Waals surface area contributed by atoms with E-state index < -0.39 is 5.92 Å². The summed E-state index contributed by atoms with van der Waals surface area (Å²) in [6, 6.07) is 0. The predicted molar refractivity (Wildman–Crippen MR) is 119 cm³/mol. The Morgan fingerprint density at radius 3 is 2.62 bits per heavy atom. The molecule has 5 rings (SSSR count). The van der Waals surface area contributed by atoms with Gasteiger partial charge in [-0.25, -0.2) is 4.98 Å². The van der Waals surface area contributed by atoms with Gasteiger partial charge in [0.25, 0.3) is 5.92 Å². The van der Waals surface area contributed by atoms with Crippen molar-refractivity contribution in [3.8, 4) is 0 Å². The van der Waals surface area contributed by atoms with Crippen molar-refractivity contribution in [2.24, 2.45) is 23.7 Å². The second kappa shape index (κ2) is 8.39. The molecule has 0 aromatic carbocycles. The minimum absolute atomic E-state index is 0.0967. The van der Waals surface area contributed by atoms with E-state index in [0.29, 0.717) is 60.4 Å². The molecule has 2 aliphatic carbocycles. The zero-order chi connectivity index (χ0) is 22.5. The lowest BCUT2D eigenvalue weighted by atomic mass is 10.1. The maximum Gasteiger partial charge on any atom is 0.290 e. The Bertz CT molecular complexity index is 860. The topological polar surface area (TPSA) is 73.4 Å². The third-order valence-corrected chi connectivity index (χ3v) is 7.58. The highest BCUT2D eigenvalue weighted by Gasteiger charge is 2.57. The summed E-state index contributed by atoms with van der Waals surface area (Å²) in [4.78, 5) is 25.7. The number of fused-ring (bicyclic) bond motifs is 2. The number of carbonyl (C=O) groups is 1. The molecule has 2 saturated heterocycles. The van der Waals surface area contributed by atoms with Gasteiger partial charge in [0.05, 0.1) is 0 Å². The maximum atomic E-state index is 14.5. The van der Waals surface area contributed by atoms with Gasteiger partial charge in [-0.3, -0.25) is 4.79 Å². The Morgan fingerprint density at radius 2 is 1.94 bits per heavy atom. The molecule has 32 heavy (non-hydrogen) atoms. The lowest BCUT2D eigenvalue weighted by Crippen LogP contribution is -2.46. The van der Waals surface area contributed by atoms with E-state index >= 15 is 0 Å². The molecule has 3 heterocycles. The zero-order valence-electron chi connectivity index (χ0n) is 19.0. The third kappa shape index (κ3) is 4.16. The second-order valence-corrected chi connectivity index (χ2v) is 10.2. The molecule has 2 aliphatic heterocycles. The number of amides is 1. The molecule has 9 heteroatoms. The first-order chi connectivity index (χ1) is 15.3. The zero-order valence-corrected chi connectivity index (χ0v) is 19.0. The normalized spacial score (nSPS) is 28.1. The van der Waals surface area contributed by atoms with Crippen LogP contribution in [0.1, 0.15) is 44.4 Å². The molecule has 4 aliphatic rings. The number of piperazine rings is 1. The van der Waals surface area contributed by atoms with Crippen molar-refractivity contribution in [3.63, 3.8) is 0 Å². The Kier molecular flexibility index (Phi) is 5.72. The summed E-state index contributed by atoms with van der Waals surface area (Å²) in [6.45, 7) is 9.84. The van der Waals surface area contributed by atoms with E-state index in [1.807, 2.05) is 4.90 Å². The number of anilines is 2. The summed E-state index contributed by atoms with van der Waals surface area (Å²) in [7, 11) is 0. The van der Waals surface area contributed by atoms with Gasteiger partial charge in [0, 0.05) is 64.2 Å². The first kappa shape index (κ1) is 21.8. The lowest BCUT2D eigenvalue weighted by Gasteiger charge is -2.28. The van der Waals surface area contributed by atoms with Gasteiger partial charge in [-0.05, 0) is 36.5 Å². The highest BCUT2D eigenvalue weighted by molar-refractivity contribution is 5.77. The molecule has 3 atom stereocenters. The maximum absolute atomic E-state index is 14.5. The van der Waals surface area contributed by atoms with E-state index in [2.05, 4.69) is 34.4 Å². The monoisotopic (exact) mass is 448 g/mol. The number of nitrogens with one attached hydrogen (secondary N) is 2. The highest BCUT2D eigenvalue weighted by atomic mass is 19.3. The Labute approximate surface area is 188 Å². The summed E-state index contributed by atoms with van der Waals surface area (Å²) in [6.07, 6.45) is 1.68. The van der Waals surface area contributed by atoms with E-state index in [4.69, 9.17) is 4.98 Å². The Hall–Kier alpha value is -2.03. The van der Waals surface area contributed by atoms with Crippen molar-refractivity contribution in [2.75, 3.05) is 56.0 Å². The predicted octanol–water partition coefficient (Wildman–Crippen LogP) is 2.48. The van der Waals surface area contributed by atoms with Crippen molar-refractivity contribution in [1.82, 2.24) is 20.2 Å². The molecule has 0 bridgehead atoms. The molecule has 1 saturated carbocycles. The molecule has 176 valence electrons. The van der Waals surface area contributed by atoms with Gasteiger partial charge in [0.2, 0.25) is 11.9 Å². The van der Waals surface area contributed by atoms with Crippen LogP contribution in [-0.2, 0) is 17.1 Å². The van der Waals surface area contributed by atoms with Gasteiger partial charge in [-0.2, -0.15) is 13.8 Å². The van der Waals surface area contributed by atoms with Gasteiger partial charge in [0.1, 0.15) is 11.5 Å². The number of alkyl halides is 2. The van der Waals surface area contributed by atoms with Crippen molar-refractivity contribution in [2.45, 2.75) is 45.5 Å².